The van der Waals surface area contributed by atoms with Crippen molar-refractivity contribution < 1.29 is 9.13 Å². The van der Waals surface area contributed by atoms with Crippen LogP contribution in [0.5, 0.6) is 0 Å². The fraction of sp³-hybridized carbons (Fsp3) is 0.250. The van der Waals surface area contributed by atoms with Gasteiger partial charge in [-0.1, -0.05) is 46.3 Å². The third kappa shape index (κ3) is 4.13. The quantitative estimate of drug-likeness (QED) is 0.857. The third-order valence-corrected chi connectivity index (χ3v) is 3.53. The largest absolute Gasteiger partial charge is 0.367 e. The van der Waals surface area contributed by atoms with E-state index in [4.69, 9.17) is 4.74 Å². The fourth-order valence-electron chi connectivity index (χ4n) is 1.96. The van der Waals surface area contributed by atoms with Crippen LogP contribution >= 0.6 is 15.9 Å². The molecule has 1 unspecified atom stereocenters. The van der Waals surface area contributed by atoms with Gasteiger partial charge in [0, 0.05) is 16.6 Å². The Bertz CT molecular complexity index is 544. The van der Waals surface area contributed by atoms with Crippen LogP contribution in [0.2, 0.25) is 0 Å². The van der Waals surface area contributed by atoms with Crippen molar-refractivity contribution in [3.63, 3.8) is 0 Å². The van der Waals surface area contributed by atoms with Crippen molar-refractivity contribution >= 4 is 15.9 Å². The lowest BCUT2D eigenvalue weighted by Crippen LogP contribution is -2.20. The van der Waals surface area contributed by atoms with Crippen molar-refractivity contribution in [2.45, 2.75) is 12.7 Å². The zero-order chi connectivity index (χ0) is 14.4. The molecule has 2 aromatic carbocycles. The fourth-order valence-corrected chi connectivity index (χ4v) is 2.22. The van der Waals surface area contributed by atoms with Crippen LogP contribution in [-0.2, 0) is 11.3 Å². The second-order valence-corrected chi connectivity index (χ2v) is 5.42. The summed E-state index contributed by atoms with van der Waals surface area (Å²) in [4.78, 5) is 0. The molecule has 0 amide bonds. The van der Waals surface area contributed by atoms with Crippen molar-refractivity contribution in [3.8, 4) is 0 Å². The monoisotopic (exact) mass is 337 g/mol. The topological polar surface area (TPSA) is 21.3 Å². The second kappa shape index (κ2) is 7.53. The van der Waals surface area contributed by atoms with Crippen LogP contribution in [0, 0.1) is 5.82 Å². The molecule has 0 spiro atoms. The van der Waals surface area contributed by atoms with Crippen LogP contribution < -0.4 is 5.32 Å². The molecule has 0 fully saturated rings. The van der Waals surface area contributed by atoms with E-state index < -0.39 is 0 Å². The molecule has 2 nitrogen and oxygen atoms in total. The van der Waals surface area contributed by atoms with E-state index in [0.29, 0.717) is 18.7 Å². The predicted octanol–water partition coefficient (Wildman–Crippen LogP) is 4.07. The number of rotatable bonds is 6. The van der Waals surface area contributed by atoms with Gasteiger partial charge in [0.2, 0.25) is 0 Å². The number of ether oxygens (including phenoxy) is 1. The van der Waals surface area contributed by atoms with Crippen molar-refractivity contribution in [1.82, 2.24) is 5.32 Å². The van der Waals surface area contributed by atoms with Gasteiger partial charge in [0.1, 0.15) is 5.82 Å². The molecule has 0 radical (unpaired) electrons. The van der Waals surface area contributed by atoms with Crippen LogP contribution in [-0.4, -0.2) is 13.6 Å². The molecule has 0 bridgehead atoms. The summed E-state index contributed by atoms with van der Waals surface area (Å²) in [5.74, 6) is -0.233. The maximum atomic E-state index is 13.8. The normalized spacial score (nSPS) is 12.3. The van der Waals surface area contributed by atoms with Gasteiger partial charge in [0.25, 0.3) is 0 Å². The molecular weight excluding hydrogens is 321 g/mol. The molecule has 0 aromatic heterocycles. The second-order valence-electron chi connectivity index (χ2n) is 4.51. The SMILES string of the molecule is CNCC(OCc1ccc(Br)cc1)c1ccccc1F. The van der Waals surface area contributed by atoms with E-state index >= 15 is 0 Å². The first kappa shape index (κ1) is 15.2. The summed E-state index contributed by atoms with van der Waals surface area (Å²) in [6, 6.07) is 14.6. The molecule has 0 aliphatic rings. The van der Waals surface area contributed by atoms with Crippen LogP contribution in [0.3, 0.4) is 0 Å². The Labute approximate surface area is 127 Å². The average molecular weight is 338 g/mol. The van der Waals surface area contributed by atoms with Gasteiger partial charge in [-0.2, -0.15) is 0 Å². The molecule has 20 heavy (non-hydrogen) atoms. The molecule has 1 atom stereocenters. The van der Waals surface area contributed by atoms with Crippen LogP contribution in [0.1, 0.15) is 17.2 Å². The first-order valence-electron chi connectivity index (χ1n) is 6.46. The highest BCUT2D eigenvalue weighted by atomic mass is 79.9. The molecule has 2 aromatic rings. The molecule has 2 rings (SSSR count). The van der Waals surface area contributed by atoms with Crippen LogP contribution in [0.25, 0.3) is 0 Å². The number of hydrogen-bond acceptors (Lipinski definition) is 2. The molecule has 0 saturated heterocycles. The average Bonchev–Trinajstić information content (AvgIpc) is 2.46. The summed E-state index contributed by atoms with van der Waals surface area (Å²) >= 11 is 3.40. The maximum Gasteiger partial charge on any atom is 0.129 e. The molecule has 0 aliphatic heterocycles. The summed E-state index contributed by atoms with van der Waals surface area (Å²) in [6.07, 6.45) is -0.301. The highest BCUT2D eigenvalue weighted by Crippen LogP contribution is 2.22. The summed E-state index contributed by atoms with van der Waals surface area (Å²) in [5.41, 5.74) is 1.64. The zero-order valence-electron chi connectivity index (χ0n) is 11.3. The molecule has 4 heteroatoms. The summed E-state index contributed by atoms with van der Waals surface area (Å²) in [7, 11) is 1.83. The Kier molecular flexibility index (Phi) is 5.71. The van der Waals surface area contributed by atoms with Gasteiger partial charge < -0.3 is 10.1 Å². The number of halogens is 2. The van der Waals surface area contributed by atoms with Gasteiger partial charge in [-0.15, -0.1) is 0 Å². The Morgan fingerprint density at radius 2 is 1.85 bits per heavy atom. The standard InChI is InChI=1S/C16H17BrFNO/c1-19-10-16(14-4-2-3-5-15(14)18)20-11-12-6-8-13(17)9-7-12/h2-9,16,19H,10-11H2,1H3. The van der Waals surface area contributed by atoms with Crippen molar-refractivity contribution in [3.05, 3.63) is 69.9 Å². The van der Waals surface area contributed by atoms with Crippen LogP contribution in [0.4, 0.5) is 4.39 Å². The van der Waals surface area contributed by atoms with E-state index in [1.54, 1.807) is 12.1 Å². The highest BCUT2D eigenvalue weighted by Gasteiger charge is 2.15. The van der Waals surface area contributed by atoms with Crippen molar-refractivity contribution in [2.75, 3.05) is 13.6 Å². The predicted molar refractivity (Wildman–Crippen MR) is 82.0 cm³/mol. The van der Waals surface area contributed by atoms with Crippen molar-refractivity contribution in [2.24, 2.45) is 0 Å². The first-order chi connectivity index (χ1) is 9.70. The Hall–Kier alpha value is -1.23. The van der Waals surface area contributed by atoms with E-state index in [1.807, 2.05) is 37.4 Å². The minimum atomic E-state index is -0.301. The third-order valence-electron chi connectivity index (χ3n) is 3.01. The number of hydrogen-bond donors (Lipinski definition) is 1. The number of benzene rings is 2. The number of nitrogens with one attached hydrogen (secondary N) is 1. The summed E-state index contributed by atoms with van der Waals surface area (Å²) in [5, 5.41) is 3.04. The summed E-state index contributed by atoms with van der Waals surface area (Å²) < 4.78 is 20.7. The Morgan fingerprint density at radius 3 is 2.50 bits per heavy atom. The molecule has 1 N–H and O–H groups in total. The van der Waals surface area contributed by atoms with E-state index in [0.717, 1.165) is 10.0 Å². The lowest BCUT2D eigenvalue weighted by molar-refractivity contribution is 0.0388. The minimum Gasteiger partial charge on any atom is -0.367 e. The lowest BCUT2D eigenvalue weighted by Gasteiger charge is -2.18. The van der Waals surface area contributed by atoms with E-state index in [2.05, 4.69) is 21.2 Å². The van der Waals surface area contributed by atoms with E-state index in [-0.39, 0.29) is 11.9 Å². The molecule has 106 valence electrons. The van der Waals surface area contributed by atoms with Gasteiger partial charge >= 0.3 is 0 Å². The maximum absolute atomic E-state index is 13.8. The van der Waals surface area contributed by atoms with Crippen molar-refractivity contribution in [1.29, 1.82) is 0 Å². The first-order valence-corrected chi connectivity index (χ1v) is 7.25. The summed E-state index contributed by atoms with van der Waals surface area (Å²) in [6.45, 7) is 1.02. The van der Waals surface area contributed by atoms with E-state index in [9.17, 15) is 4.39 Å². The highest BCUT2D eigenvalue weighted by molar-refractivity contribution is 9.10. The van der Waals surface area contributed by atoms with E-state index in [1.165, 1.54) is 6.07 Å². The zero-order valence-corrected chi connectivity index (χ0v) is 12.9. The minimum absolute atomic E-state index is 0.233. The Balaban J connectivity index is 2.06. The van der Waals surface area contributed by atoms with Gasteiger partial charge in [-0.3, -0.25) is 0 Å². The van der Waals surface area contributed by atoms with Gasteiger partial charge in [0.15, 0.2) is 0 Å². The number of likely N-dealkylation sites (N-methyl/N-ethyl adjacent to an activating group) is 1. The van der Waals surface area contributed by atoms with Gasteiger partial charge in [-0.05, 0) is 30.8 Å². The van der Waals surface area contributed by atoms with Crippen LogP contribution in [0.15, 0.2) is 53.0 Å². The van der Waals surface area contributed by atoms with Gasteiger partial charge in [-0.25, -0.2) is 4.39 Å². The van der Waals surface area contributed by atoms with Gasteiger partial charge in [0.05, 0.1) is 12.7 Å². The Morgan fingerprint density at radius 1 is 1.15 bits per heavy atom. The smallest absolute Gasteiger partial charge is 0.129 e. The molecule has 0 aliphatic carbocycles. The molecular formula is C16H17BrFNO. The molecule has 0 saturated carbocycles. The molecule has 0 heterocycles. The lowest BCUT2D eigenvalue weighted by atomic mass is 10.1.